The number of nitrogens with zero attached hydrogens (tertiary/aromatic N) is 2. The van der Waals surface area contributed by atoms with Gasteiger partial charge in [0.25, 0.3) is 5.92 Å². The van der Waals surface area contributed by atoms with Gasteiger partial charge < -0.3 is 18.8 Å². The van der Waals surface area contributed by atoms with Crippen LogP contribution in [0.1, 0.15) is 50.7 Å². The van der Waals surface area contributed by atoms with Crippen LogP contribution in [-0.2, 0) is 14.3 Å². The Hall–Kier alpha value is -3.47. The monoisotopic (exact) mass is 604 g/mol. The number of amides is 1. The molecular formula is C28H27BrF2N2O6. The number of fused-ring (bicyclic) bond motifs is 5. The molecule has 206 valence electrons. The van der Waals surface area contributed by atoms with Crippen LogP contribution in [0.3, 0.4) is 0 Å². The molecule has 8 nitrogen and oxygen atoms in total. The summed E-state index contributed by atoms with van der Waals surface area (Å²) in [5, 5.41) is 1.03. The summed E-state index contributed by atoms with van der Waals surface area (Å²) in [5.74, 6) is -4.41. The summed E-state index contributed by atoms with van der Waals surface area (Å²) in [7, 11) is 0. The van der Waals surface area contributed by atoms with Crippen LogP contribution >= 0.6 is 15.9 Å². The van der Waals surface area contributed by atoms with E-state index in [-0.39, 0.29) is 11.8 Å². The van der Waals surface area contributed by atoms with E-state index in [1.54, 1.807) is 39.0 Å². The second kappa shape index (κ2) is 9.62. The molecule has 2 aromatic carbocycles. The highest BCUT2D eigenvalue weighted by Gasteiger charge is 2.52. The van der Waals surface area contributed by atoms with Crippen molar-refractivity contribution in [3.63, 3.8) is 0 Å². The smallest absolute Gasteiger partial charge is 0.411 e. The lowest BCUT2D eigenvalue weighted by Crippen LogP contribution is -2.44. The summed E-state index contributed by atoms with van der Waals surface area (Å²) in [6.07, 6.45) is -2.29. The van der Waals surface area contributed by atoms with Crippen molar-refractivity contribution < 1.29 is 37.4 Å². The molecule has 1 saturated heterocycles. The molecule has 2 aliphatic heterocycles. The molecule has 2 aliphatic rings. The molecule has 1 fully saturated rings. The number of esters is 1. The lowest BCUT2D eigenvalue weighted by molar-refractivity contribution is -0.147. The number of benzene rings is 2. The number of halogens is 3. The van der Waals surface area contributed by atoms with E-state index in [4.69, 9.17) is 14.2 Å². The van der Waals surface area contributed by atoms with Gasteiger partial charge in [-0.1, -0.05) is 22.0 Å². The molecule has 1 aromatic heterocycles. The number of carbonyl (C=O) groups is 3. The maximum absolute atomic E-state index is 14.1. The molecule has 5 rings (SSSR count). The molecule has 0 saturated carbocycles. The minimum absolute atomic E-state index is 0.238. The predicted molar refractivity (Wildman–Crippen MR) is 142 cm³/mol. The average Bonchev–Trinajstić information content (AvgIpc) is 3.38. The molecule has 2 atom stereocenters. The van der Waals surface area contributed by atoms with Crippen molar-refractivity contribution in [3.05, 3.63) is 52.5 Å². The summed E-state index contributed by atoms with van der Waals surface area (Å²) in [5.41, 5.74) is 2.05. The maximum atomic E-state index is 14.1. The number of hydrogen-bond acceptors (Lipinski definition) is 6. The normalized spacial score (nSPS) is 19.7. The summed E-state index contributed by atoms with van der Waals surface area (Å²) >= 11 is 3.49. The first kappa shape index (κ1) is 27.1. The second-order valence-electron chi connectivity index (χ2n) is 10.7. The van der Waals surface area contributed by atoms with Crippen molar-refractivity contribution in [3.8, 4) is 17.0 Å². The zero-order chi connectivity index (χ0) is 28.3. The fraction of sp³-hybridized carbons (Fsp3) is 0.393. The molecule has 0 radical (unpaired) electrons. The van der Waals surface area contributed by atoms with Gasteiger partial charge in [-0.2, -0.15) is 0 Å². The van der Waals surface area contributed by atoms with Crippen LogP contribution in [0.5, 0.6) is 5.75 Å². The molecule has 1 amide bonds. The molecule has 3 aromatic rings. The highest BCUT2D eigenvalue weighted by Crippen LogP contribution is 2.43. The molecule has 11 heteroatoms. The molecule has 39 heavy (non-hydrogen) atoms. The maximum Gasteiger partial charge on any atom is 0.411 e. The van der Waals surface area contributed by atoms with Crippen LogP contribution in [0.15, 0.2) is 46.9 Å². The van der Waals surface area contributed by atoms with E-state index < -0.39 is 55.0 Å². The third kappa shape index (κ3) is 5.36. The molecular weight excluding hydrogens is 578 g/mol. The Morgan fingerprint density at radius 1 is 1.13 bits per heavy atom. The summed E-state index contributed by atoms with van der Waals surface area (Å²) in [4.78, 5) is 38.7. The van der Waals surface area contributed by atoms with E-state index in [0.29, 0.717) is 10.6 Å². The third-order valence-electron chi connectivity index (χ3n) is 6.56. The van der Waals surface area contributed by atoms with Gasteiger partial charge in [0.2, 0.25) is 0 Å². The van der Waals surface area contributed by atoms with E-state index in [1.165, 1.54) is 0 Å². The highest BCUT2D eigenvalue weighted by molar-refractivity contribution is 9.10. The van der Waals surface area contributed by atoms with Crippen LogP contribution in [-0.4, -0.2) is 58.0 Å². The number of carbonyl (C=O) groups excluding carboxylic acids is 3. The first-order chi connectivity index (χ1) is 18.2. The van der Waals surface area contributed by atoms with Gasteiger partial charge in [-0.3, -0.25) is 9.69 Å². The Morgan fingerprint density at radius 3 is 2.59 bits per heavy atom. The van der Waals surface area contributed by atoms with Gasteiger partial charge in [-0.05, 0) is 64.1 Å². The largest absolute Gasteiger partial charge is 0.470 e. The van der Waals surface area contributed by atoms with Gasteiger partial charge >= 0.3 is 12.1 Å². The Kier molecular flexibility index (Phi) is 6.69. The minimum Gasteiger partial charge on any atom is -0.470 e. The van der Waals surface area contributed by atoms with Gasteiger partial charge in [0.05, 0.1) is 17.8 Å². The van der Waals surface area contributed by atoms with Crippen LogP contribution in [0, 0.1) is 0 Å². The van der Waals surface area contributed by atoms with Crippen molar-refractivity contribution in [1.82, 2.24) is 9.47 Å². The van der Waals surface area contributed by atoms with E-state index in [2.05, 4.69) is 26.6 Å². The lowest BCUT2D eigenvalue weighted by atomic mass is 10.0. The number of rotatable bonds is 4. The van der Waals surface area contributed by atoms with Crippen LogP contribution in [0.4, 0.5) is 13.6 Å². The van der Waals surface area contributed by atoms with E-state index in [1.807, 2.05) is 25.1 Å². The van der Waals surface area contributed by atoms with Gasteiger partial charge in [-0.15, -0.1) is 0 Å². The quantitative estimate of drug-likeness (QED) is 0.255. The van der Waals surface area contributed by atoms with E-state index >= 15 is 0 Å². The summed E-state index contributed by atoms with van der Waals surface area (Å²) in [6.45, 7) is 5.03. The number of ketones is 1. The summed E-state index contributed by atoms with van der Waals surface area (Å²) in [6, 6.07) is 11.4. The third-order valence-corrected chi connectivity index (χ3v) is 7.05. The standard InChI is InChI=1S/C28H27BrF2N2O6/c1-15-33-20-8-6-18(29)9-17(20)10-21(33)19-7-5-16(11-24(19)38-15)23(34)13-37-25(35)22-12-28(30,31)14-32(22)26(36)39-27(2,3)4/h5-11,15,22H,12-14H2,1-4H3/t15?,22-/m0/s1. The number of ether oxygens (including phenoxy) is 3. The van der Waals surface area contributed by atoms with Crippen molar-refractivity contribution in [1.29, 1.82) is 0 Å². The SMILES string of the molecule is CC1Oc2cc(C(=O)COC(=O)[C@@H]3CC(F)(F)CN3C(=O)OC(C)(C)C)ccc2-c2cc3cc(Br)ccc3n21. The Bertz CT molecular complexity index is 1500. The van der Waals surface area contributed by atoms with Crippen LogP contribution in [0.2, 0.25) is 0 Å². The van der Waals surface area contributed by atoms with Crippen LogP contribution in [0.25, 0.3) is 22.2 Å². The van der Waals surface area contributed by atoms with Crippen molar-refractivity contribution in [2.24, 2.45) is 0 Å². The first-order valence-electron chi connectivity index (χ1n) is 12.4. The number of Topliss-reactive ketones (excluding diaryl/α,β-unsaturated/α-hetero) is 1. The predicted octanol–water partition coefficient (Wildman–Crippen LogP) is 6.35. The molecule has 0 spiro atoms. The number of alkyl halides is 2. The van der Waals surface area contributed by atoms with Crippen LogP contribution < -0.4 is 4.74 Å². The molecule has 0 bridgehead atoms. The summed E-state index contributed by atoms with van der Waals surface area (Å²) < 4.78 is 47.6. The average molecular weight is 605 g/mol. The van der Waals surface area contributed by atoms with Gasteiger partial charge in [0.15, 0.2) is 18.6 Å². The highest BCUT2D eigenvalue weighted by atomic mass is 79.9. The van der Waals surface area contributed by atoms with E-state index in [0.717, 1.165) is 26.6 Å². The van der Waals surface area contributed by atoms with Crippen molar-refractivity contribution >= 4 is 44.7 Å². The zero-order valence-electron chi connectivity index (χ0n) is 21.8. The fourth-order valence-corrected chi connectivity index (χ4v) is 5.28. The molecule has 0 N–H and O–H groups in total. The zero-order valence-corrected chi connectivity index (χ0v) is 23.4. The lowest BCUT2D eigenvalue weighted by Gasteiger charge is -2.28. The number of likely N-dealkylation sites (tertiary alicyclic amines) is 1. The fourth-order valence-electron chi connectivity index (χ4n) is 4.90. The number of aromatic nitrogens is 1. The van der Waals surface area contributed by atoms with Gasteiger partial charge in [-0.25, -0.2) is 18.4 Å². The second-order valence-corrected chi connectivity index (χ2v) is 11.7. The molecule has 1 unspecified atom stereocenters. The Balaban J connectivity index is 1.31. The van der Waals surface area contributed by atoms with Gasteiger partial charge in [0, 0.05) is 27.4 Å². The number of hydrogen-bond donors (Lipinski definition) is 0. The minimum atomic E-state index is -3.28. The van der Waals surface area contributed by atoms with Crippen molar-refractivity contribution in [2.75, 3.05) is 13.2 Å². The van der Waals surface area contributed by atoms with E-state index in [9.17, 15) is 23.2 Å². The Labute approximate surface area is 231 Å². The molecule has 3 heterocycles. The molecule has 0 aliphatic carbocycles. The van der Waals surface area contributed by atoms with Gasteiger partial charge in [0.1, 0.15) is 17.4 Å². The Morgan fingerprint density at radius 2 is 1.87 bits per heavy atom. The first-order valence-corrected chi connectivity index (χ1v) is 13.2. The topological polar surface area (TPSA) is 87.1 Å². The van der Waals surface area contributed by atoms with Crippen molar-refractivity contribution in [2.45, 2.75) is 57.9 Å².